The molecule has 0 bridgehead atoms. The van der Waals surface area contributed by atoms with Crippen LogP contribution in [-0.4, -0.2) is 21.1 Å². The first-order chi connectivity index (χ1) is 11.0. The quantitative estimate of drug-likeness (QED) is 0.932. The van der Waals surface area contributed by atoms with Gasteiger partial charge < -0.3 is 4.74 Å². The van der Waals surface area contributed by atoms with Gasteiger partial charge in [-0.3, -0.25) is 0 Å². The van der Waals surface area contributed by atoms with Crippen LogP contribution in [0, 0.1) is 11.6 Å². The van der Waals surface area contributed by atoms with Crippen molar-refractivity contribution < 1.29 is 21.9 Å². The van der Waals surface area contributed by atoms with Gasteiger partial charge in [0.2, 0.25) is 10.0 Å². The lowest BCUT2D eigenvalue weighted by atomic mass is 10.0. The number of ether oxygens (including phenoxy) is 1. The molecular weight excluding hydrogens is 324 g/mol. The number of hydrogen-bond acceptors (Lipinski definition) is 3. The third-order valence-corrected chi connectivity index (χ3v) is 5.16. The highest BCUT2D eigenvalue weighted by molar-refractivity contribution is 7.89. The molecule has 7 heteroatoms. The van der Waals surface area contributed by atoms with Crippen LogP contribution >= 0.6 is 0 Å². The molecule has 3 rings (SSSR count). The minimum atomic E-state index is -4.28. The van der Waals surface area contributed by atoms with E-state index in [1.807, 2.05) is 24.3 Å². The molecule has 4 nitrogen and oxygen atoms in total. The maximum absolute atomic E-state index is 13.6. The SMILES string of the molecule is O=S(=O)(NCC1CCc2ccccc2O1)c1c(F)cccc1F. The molecule has 2 aromatic carbocycles. The van der Waals surface area contributed by atoms with Crippen molar-refractivity contribution in [1.82, 2.24) is 4.72 Å². The molecule has 0 aromatic heterocycles. The number of halogens is 2. The van der Waals surface area contributed by atoms with Crippen molar-refractivity contribution >= 4 is 10.0 Å². The van der Waals surface area contributed by atoms with Gasteiger partial charge in [0.25, 0.3) is 0 Å². The molecule has 1 aliphatic heterocycles. The summed E-state index contributed by atoms with van der Waals surface area (Å²) >= 11 is 0. The molecule has 1 aliphatic rings. The molecular formula is C16H15F2NO3S. The van der Waals surface area contributed by atoms with Crippen molar-refractivity contribution in [2.45, 2.75) is 23.8 Å². The standard InChI is InChI=1S/C16H15F2NO3S/c17-13-5-3-6-14(18)16(13)23(20,21)19-10-12-9-8-11-4-1-2-7-15(11)22-12/h1-7,12,19H,8-10H2. The van der Waals surface area contributed by atoms with E-state index in [1.165, 1.54) is 0 Å². The van der Waals surface area contributed by atoms with Crippen LogP contribution in [0.15, 0.2) is 47.4 Å². The van der Waals surface area contributed by atoms with Crippen LogP contribution in [-0.2, 0) is 16.4 Å². The second kappa shape index (κ2) is 6.25. The Morgan fingerprint density at radius 3 is 2.52 bits per heavy atom. The summed E-state index contributed by atoms with van der Waals surface area (Å²) in [7, 11) is -4.28. The van der Waals surface area contributed by atoms with Crippen molar-refractivity contribution in [3.63, 3.8) is 0 Å². The van der Waals surface area contributed by atoms with Gasteiger partial charge in [-0.25, -0.2) is 21.9 Å². The summed E-state index contributed by atoms with van der Waals surface area (Å²) < 4.78 is 59.4. The van der Waals surface area contributed by atoms with Gasteiger partial charge in [-0.1, -0.05) is 24.3 Å². The van der Waals surface area contributed by atoms with Crippen LogP contribution in [0.1, 0.15) is 12.0 Å². The summed E-state index contributed by atoms with van der Waals surface area (Å²) in [4.78, 5) is -0.962. The van der Waals surface area contributed by atoms with Gasteiger partial charge in [0.1, 0.15) is 23.5 Å². The molecule has 1 N–H and O–H groups in total. The first kappa shape index (κ1) is 15.9. The number of para-hydroxylation sites is 1. The fourth-order valence-electron chi connectivity index (χ4n) is 2.54. The molecule has 0 aliphatic carbocycles. The number of fused-ring (bicyclic) bond motifs is 1. The first-order valence-corrected chi connectivity index (χ1v) is 8.64. The predicted octanol–water partition coefficient (Wildman–Crippen LogP) is 2.64. The van der Waals surface area contributed by atoms with Crippen molar-refractivity contribution in [3.05, 3.63) is 59.7 Å². The highest BCUT2D eigenvalue weighted by atomic mass is 32.2. The van der Waals surface area contributed by atoms with Gasteiger partial charge in [-0.05, 0) is 36.6 Å². The van der Waals surface area contributed by atoms with Crippen LogP contribution in [0.4, 0.5) is 8.78 Å². The maximum atomic E-state index is 13.6. The molecule has 23 heavy (non-hydrogen) atoms. The summed E-state index contributed by atoms with van der Waals surface area (Å²) in [5.74, 6) is -1.53. The van der Waals surface area contributed by atoms with Crippen LogP contribution in [0.2, 0.25) is 0 Å². The summed E-state index contributed by atoms with van der Waals surface area (Å²) in [6, 6.07) is 10.4. The minimum Gasteiger partial charge on any atom is -0.489 e. The Balaban J connectivity index is 1.71. The molecule has 2 aromatic rings. The highest BCUT2D eigenvalue weighted by Crippen LogP contribution is 2.27. The van der Waals surface area contributed by atoms with E-state index < -0.39 is 26.6 Å². The molecule has 0 amide bonds. The lowest BCUT2D eigenvalue weighted by Crippen LogP contribution is -2.37. The zero-order chi connectivity index (χ0) is 16.4. The molecule has 122 valence electrons. The van der Waals surface area contributed by atoms with Crippen LogP contribution in [0.3, 0.4) is 0 Å². The second-order valence-corrected chi connectivity index (χ2v) is 6.99. The Bertz CT molecular complexity index is 804. The Hall–Kier alpha value is -1.99. The second-order valence-electron chi connectivity index (χ2n) is 5.29. The van der Waals surface area contributed by atoms with Gasteiger partial charge in [-0.2, -0.15) is 0 Å². The van der Waals surface area contributed by atoms with Gasteiger partial charge in [0, 0.05) is 6.54 Å². The maximum Gasteiger partial charge on any atom is 0.246 e. The third-order valence-electron chi connectivity index (χ3n) is 3.69. The fraction of sp³-hybridized carbons (Fsp3) is 0.250. The van der Waals surface area contributed by atoms with Gasteiger partial charge >= 0.3 is 0 Å². The van der Waals surface area contributed by atoms with Crippen LogP contribution in [0.5, 0.6) is 5.75 Å². The van der Waals surface area contributed by atoms with Gasteiger partial charge in [0.05, 0.1) is 0 Å². The predicted molar refractivity (Wildman–Crippen MR) is 80.7 cm³/mol. The molecule has 1 unspecified atom stereocenters. The highest BCUT2D eigenvalue weighted by Gasteiger charge is 2.26. The Morgan fingerprint density at radius 1 is 1.09 bits per heavy atom. The average Bonchev–Trinajstić information content (AvgIpc) is 2.52. The zero-order valence-corrected chi connectivity index (χ0v) is 12.9. The fourth-order valence-corrected chi connectivity index (χ4v) is 3.74. The summed E-state index contributed by atoms with van der Waals surface area (Å²) in [5, 5.41) is 0. The molecule has 1 heterocycles. The van der Waals surface area contributed by atoms with E-state index >= 15 is 0 Å². The monoisotopic (exact) mass is 339 g/mol. The van der Waals surface area contributed by atoms with Crippen LogP contribution < -0.4 is 9.46 Å². The van der Waals surface area contributed by atoms with Crippen molar-refractivity contribution in [1.29, 1.82) is 0 Å². The number of aryl methyl sites for hydroxylation is 1. The Labute approximate surface area is 133 Å². The summed E-state index contributed by atoms with van der Waals surface area (Å²) in [5.41, 5.74) is 1.06. The summed E-state index contributed by atoms with van der Waals surface area (Å²) in [6.07, 6.45) is 1.00. The minimum absolute atomic E-state index is 0.0511. The Kier molecular flexibility index (Phi) is 4.32. The normalized spacial score (nSPS) is 17.4. The zero-order valence-electron chi connectivity index (χ0n) is 12.1. The van der Waals surface area contributed by atoms with E-state index in [-0.39, 0.29) is 12.6 Å². The molecule has 1 atom stereocenters. The lowest BCUT2D eigenvalue weighted by Gasteiger charge is -2.26. The smallest absolute Gasteiger partial charge is 0.246 e. The van der Waals surface area contributed by atoms with E-state index in [0.29, 0.717) is 12.2 Å². The van der Waals surface area contributed by atoms with Crippen molar-refractivity contribution in [3.8, 4) is 5.75 Å². The lowest BCUT2D eigenvalue weighted by molar-refractivity contribution is 0.177. The van der Waals surface area contributed by atoms with E-state index in [2.05, 4.69) is 4.72 Å². The average molecular weight is 339 g/mol. The third kappa shape index (κ3) is 3.35. The topological polar surface area (TPSA) is 55.4 Å². The number of rotatable bonds is 4. The molecule has 0 fully saturated rings. The molecule has 0 saturated carbocycles. The van der Waals surface area contributed by atoms with E-state index in [1.54, 1.807) is 0 Å². The Morgan fingerprint density at radius 2 is 1.78 bits per heavy atom. The van der Waals surface area contributed by atoms with Crippen molar-refractivity contribution in [2.24, 2.45) is 0 Å². The van der Waals surface area contributed by atoms with Crippen molar-refractivity contribution in [2.75, 3.05) is 6.54 Å². The largest absolute Gasteiger partial charge is 0.489 e. The number of hydrogen-bond donors (Lipinski definition) is 1. The number of sulfonamides is 1. The first-order valence-electron chi connectivity index (χ1n) is 7.15. The van der Waals surface area contributed by atoms with Gasteiger partial charge in [0.15, 0.2) is 4.90 Å². The molecule has 0 radical (unpaired) electrons. The molecule has 0 spiro atoms. The van der Waals surface area contributed by atoms with Gasteiger partial charge in [-0.15, -0.1) is 0 Å². The molecule has 0 saturated heterocycles. The number of benzene rings is 2. The van der Waals surface area contributed by atoms with E-state index in [0.717, 1.165) is 30.2 Å². The van der Waals surface area contributed by atoms with E-state index in [9.17, 15) is 17.2 Å². The van der Waals surface area contributed by atoms with Crippen LogP contribution in [0.25, 0.3) is 0 Å². The summed E-state index contributed by atoms with van der Waals surface area (Å²) in [6.45, 7) is -0.0511. The van der Waals surface area contributed by atoms with E-state index in [4.69, 9.17) is 4.74 Å². The number of nitrogens with one attached hydrogen (secondary N) is 1.